The first-order valence-corrected chi connectivity index (χ1v) is 7.50. The van der Waals surface area contributed by atoms with Gasteiger partial charge < -0.3 is 0 Å². The van der Waals surface area contributed by atoms with Crippen LogP contribution in [0.15, 0.2) is 0 Å². The topological polar surface area (TPSA) is 0 Å². The Labute approximate surface area is 139 Å². The van der Waals surface area contributed by atoms with Crippen LogP contribution in [0.2, 0.25) is 0 Å². The molecule has 0 atom stereocenters. The Bertz CT molecular complexity index is 181. The second kappa shape index (κ2) is 8.18. The molecule has 0 nitrogen and oxygen atoms in total. The van der Waals surface area contributed by atoms with Crippen LogP contribution >= 0.6 is 0 Å². The normalized spacial score (nSPS) is 27.1. The molecule has 1 heteroatoms. The van der Waals surface area contributed by atoms with Gasteiger partial charge in [-0.15, -0.1) is 0 Å². The summed E-state index contributed by atoms with van der Waals surface area (Å²) in [6.45, 7) is 22.0. The predicted octanol–water partition coefficient (Wildman–Crippen LogP) is 5.56. The van der Waals surface area contributed by atoms with Crippen LogP contribution in [0.25, 0.3) is 0 Å². The van der Waals surface area contributed by atoms with Crippen molar-refractivity contribution in [1.29, 1.82) is 0 Å². The third-order valence-corrected chi connectivity index (χ3v) is 5.62. The predicted molar refractivity (Wildman–Crippen MR) is 94.9 cm³/mol. The zero-order valence-electron chi connectivity index (χ0n) is 15.5. The molecule has 0 heterocycles. The highest BCUT2D eigenvalue weighted by molar-refractivity contribution is 5.75. The fourth-order valence-electron chi connectivity index (χ4n) is 2.81. The third kappa shape index (κ3) is 4.15. The molecular weight excluding hydrogens is 268 g/mol. The molecule has 21 heavy (non-hydrogen) atoms. The van der Waals surface area contributed by atoms with Crippen molar-refractivity contribution >= 4 is 11.0 Å². The van der Waals surface area contributed by atoms with Gasteiger partial charge in [0.25, 0.3) is 0 Å². The first-order valence-electron chi connectivity index (χ1n) is 7.50. The lowest BCUT2D eigenvalue weighted by Crippen LogP contribution is -2.00. The van der Waals surface area contributed by atoms with Crippen molar-refractivity contribution < 1.29 is 0 Å². The second-order valence-electron chi connectivity index (χ2n) is 6.25. The van der Waals surface area contributed by atoms with Gasteiger partial charge in [0.1, 0.15) is 0 Å². The zero-order chi connectivity index (χ0) is 15.8. The van der Waals surface area contributed by atoms with E-state index in [4.69, 9.17) is 0 Å². The highest BCUT2D eigenvalue weighted by Gasteiger charge is 2.41. The average Bonchev–Trinajstić information content (AvgIpc) is 2.71. The van der Waals surface area contributed by atoms with Gasteiger partial charge >= 0.3 is 0 Å². The van der Waals surface area contributed by atoms with Crippen molar-refractivity contribution in [1.82, 2.24) is 0 Å². The molecule has 2 aliphatic carbocycles. The lowest BCUT2D eigenvalue weighted by atomic mass is 9.92. The third-order valence-electron chi connectivity index (χ3n) is 5.62. The Morgan fingerprint density at radius 1 is 0.238 bits per heavy atom. The Morgan fingerprint density at radius 2 is 0.286 bits per heavy atom. The molecule has 114 valence electrons. The number of rotatable bonds is 0. The molecule has 14 radical (unpaired) electrons. The van der Waals surface area contributed by atoms with Gasteiger partial charge in [-0.25, -0.2) is 0 Å². The van der Waals surface area contributed by atoms with Crippen LogP contribution < -0.4 is 0 Å². The van der Waals surface area contributed by atoms with Gasteiger partial charge in [-0.2, -0.15) is 0 Å². The summed E-state index contributed by atoms with van der Waals surface area (Å²) < 4.78 is 0. The maximum Gasteiger partial charge on any atom is 0 e. The van der Waals surface area contributed by atoms with E-state index in [0.717, 1.165) is 0 Å². The summed E-state index contributed by atoms with van der Waals surface area (Å²) in [5, 5.41) is 0. The number of hydrogen-bond acceptors (Lipinski definition) is 0. The average molecular weight is 299 g/mol. The van der Waals surface area contributed by atoms with Crippen molar-refractivity contribution in [3.05, 3.63) is 59.2 Å². The maximum absolute atomic E-state index is 2.20. The summed E-state index contributed by atoms with van der Waals surface area (Å²) in [4.78, 5) is 0. The van der Waals surface area contributed by atoms with Crippen molar-refractivity contribution in [2.75, 3.05) is 0 Å². The molecule has 0 N–H and O–H groups in total. The monoisotopic (exact) mass is 298 g/mol. The van der Waals surface area contributed by atoms with E-state index >= 15 is 0 Å². The SMILES string of the molecule is C[C]1[C](C)[C](C)[C](C)[C]1C.C[C]1[C](C)[C](C)[C](C)[C]1C.[Si]. The van der Waals surface area contributed by atoms with Crippen LogP contribution in [0.1, 0.15) is 69.2 Å². The molecule has 0 aromatic carbocycles. The lowest BCUT2D eigenvalue weighted by Gasteiger charge is -2.12. The molecule has 2 aliphatic rings. The lowest BCUT2D eigenvalue weighted by molar-refractivity contribution is 0.973. The molecule has 0 aromatic rings. The van der Waals surface area contributed by atoms with Gasteiger partial charge in [0, 0.05) is 11.0 Å². The molecule has 0 amide bonds. The van der Waals surface area contributed by atoms with Crippen molar-refractivity contribution in [3.8, 4) is 0 Å². The molecule has 0 bridgehead atoms. The molecule has 0 spiro atoms. The van der Waals surface area contributed by atoms with Crippen LogP contribution in [0.5, 0.6) is 0 Å². The number of hydrogen-bond donors (Lipinski definition) is 0. The summed E-state index contributed by atoms with van der Waals surface area (Å²) in [6, 6.07) is 0. The Hall–Kier alpha value is 0.217. The van der Waals surface area contributed by atoms with Gasteiger partial charge in [-0.05, 0) is 59.2 Å². The van der Waals surface area contributed by atoms with Gasteiger partial charge in [-0.3, -0.25) is 0 Å². The first kappa shape index (κ1) is 21.2. The van der Waals surface area contributed by atoms with Crippen molar-refractivity contribution in [2.24, 2.45) is 0 Å². The molecule has 0 aromatic heterocycles. The minimum atomic E-state index is 0. The Balaban J connectivity index is 0.000000364. The summed E-state index contributed by atoms with van der Waals surface area (Å²) in [7, 11) is 0. The van der Waals surface area contributed by atoms with Crippen LogP contribution in [0, 0.1) is 59.2 Å². The zero-order valence-corrected chi connectivity index (χ0v) is 16.5. The highest BCUT2D eigenvalue weighted by Crippen LogP contribution is 2.52. The van der Waals surface area contributed by atoms with E-state index in [1.165, 1.54) is 59.2 Å². The minimum absolute atomic E-state index is 0. The van der Waals surface area contributed by atoms with Crippen molar-refractivity contribution in [3.63, 3.8) is 0 Å². The molecule has 2 saturated carbocycles. The van der Waals surface area contributed by atoms with E-state index in [-0.39, 0.29) is 11.0 Å². The van der Waals surface area contributed by atoms with Gasteiger partial charge in [0.15, 0.2) is 0 Å². The molecule has 2 fully saturated rings. The van der Waals surface area contributed by atoms with E-state index in [9.17, 15) is 0 Å². The van der Waals surface area contributed by atoms with Gasteiger partial charge in [0.05, 0.1) is 0 Å². The highest BCUT2D eigenvalue weighted by atomic mass is 28.1. The maximum atomic E-state index is 2.20. The fraction of sp³-hybridized carbons (Fsp3) is 0.500. The molecule has 0 aliphatic heterocycles. The fourth-order valence-corrected chi connectivity index (χ4v) is 2.81. The Kier molecular flexibility index (Phi) is 8.26. The van der Waals surface area contributed by atoms with Crippen LogP contribution in [0.4, 0.5) is 0 Å². The van der Waals surface area contributed by atoms with E-state index in [1.807, 2.05) is 0 Å². The van der Waals surface area contributed by atoms with Crippen LogP contribution in [-0.4, -0.2) is 11.0 Å². The Morgan fingerprint density at radius 3 is 0.333 bits per heavy atom. The molecule has 0 unspecified atom stereocenters. The van der Waals surface area contributed by atoms with Crippen molar-refractivity contribution in [2.45, 2.75) is 69.2 Å². The van der Waals surface area contributed by atoms with E-state index in [1.54, 1.807) is 0 Å². The smallest absolute Gasteiger partial charge is 0 e. The standard InChI is InChI=1S/2C10H15.Si/c2*1-6-7(2)9(4)10(5)8(6)3;/h2*1-5H3;. The van der Waals surface area contributed by atoms with Gasteiger partial charge in [0.2, 0.25) is 0 Å². The second-order valence-corrected chi connectivity index (χ2v) is 6.25. The summed E-state index contributed by atoms with van der Waals surface area (Å²) in [5.74, 6) is 14.7. The molecule has 2 rings (SSSR count). The summed E-state index contributed by atoms with van der Waals surface area (Å²) in [6.07, 6.45) is 0. The largest absolute Gasteiger partial charge is 0.0579 e. The summed E-state index contributed by atoms with van der Waals surface area (Å²) >= 11 is 0. The van der Waals surface area contributed by atoms with E-state index < -0.39 is 0 Å². The van der Waals surface area contributed by atoms with E-state index in [0.29, 0.717) is 0 Å². The van der Waals surface area contributed by atoms with Crippen LogP contribution in [0.3, 0.4) is 0 Å². The minimum Gasteiger partial charge on any atom is -0.0579 e. The molecule has 0 saturated heterocycles. The van der Waals surface area contributed by atoms with E-state index in [2.05, 4.69) is 69.2 Å². The summed E-state index contributed by atoms with van der Waals surface area (Å²) in [5.41, 5.74) is 0. The molecular formula is C20H30Si. The van der Waals surface area contributed by atoms with Crippen LogP contribution in [-0.2, 0) is 0 Å². The van der Waals surface area contributed by atoms with Gasteiger partial charge in [-0.1, -0.05) is 69.2 Å². The first-order chi connectivity index (χ1) is 9.11. The quantitative estimate of drug-likeness (QED) is 0.513.